The fourth-order valence-electron chi connectivity index (χ4n) is 2.45. The Morgan fingerprint density at radius 1 is 1.07 bits per heavy atom. The highest BCUT2D eigenvalue weighted by Gasteiger charge is 2.13. The molecule has 0 aliphatic carbocycles. The van der Waals surface area contributed by atoms with Crippen molar-refractivity contribution in [2.24, 2.45) is 0 Å². The molecule has 0 saturated heterocycles. The van der Waals surface area contributed by atoms with Crippen molar-refractivity contribution in [1.82, 2.24) is 10.2 Å². The summed E-state index contributed by atoms with van der Waals surface area (Å²) in [5.74, 6) is -0.656. The average Bonchev–Trinajstić information content (AvgIpc) is 2.67. The number of amides is 2. The molecule has 2 aromatic carbocycles. The summed E-state index contributed by atoms with van der Waals surface area (Å²) in [4.78, 5) is 27.2. The minimum absolute atomic E-state index is 0.121. The molecule has 27 heavy (non-hydrogen) atoms. The normalized spacial score (nSPS) is 10.7. The number of benzene rings is 2. The zero-order valence-corrected chi connectivity index (χ0v) is 16.3. The number of hydrogen-bond donors (Lipinski definition) is 2. The third kappa shape index (κ3) is 7.40. The van der Waals surface area contributed by atoms with Gasteiger partial charge in [0.1, 0.15) is 5.82 Å². The van der Waals surface area contributed by atoms with Crippen LogP contribution in [0, 0.1) is 5.82 Å². The van der Waals surface area contributed by atoms with E-state index in [1.54, 1.807) is 28.8 Å². The molecule has 2 aromatic rings. The van der Waals surface area contributed by atoms with Crippen LogP contribution in [0.2, 0.25) is 0 Å². The van der Waals surface area contributed by atoms with E-state index in [4.69, 9.17) is 0 Å². The summed E-state index contributed by atoms with van der Waals surface area (Å²) >= 11 is 1.61. The second kappa shape index (κ2) is 10.7. The molecule has 0 heterocycles. The molecule has 0 aliphatic heterocycles. The SMILES string of the molecule is CCN(CC(=O)NCc1ccc(F)cc1)CC(=O)Nc1cccc(SC)c1. The smallest absolute Gasteiger partial charge is 0.238 e. The first-order valence-electron chi connectivity index (χ1n) is 8.67. The molecule has 0 aromatic heterocycles. The summed E-state index contributed by atoms with van der Waals surface area (Å²) in [5, 5.41) is 5.64. The predicted octanol–water partition coefficient (Wildman–Crippen LogP) is 3.12. The first-order valence-corrected chi connectivity index (χ1v) is 9.90. The standard InChI is InChI=1S/C20H24FN3O2S/c1-3-24(13-19(25)22-12-15-7-9-16(21)10-8-15)14-20(26)23-17-5-4-6-18(11-17)27-2/h4-11H,3,12-14H2,1-2H3,(H,22,25)(H,23,26). The number of thioether (sulfide) groups is 1. The monoisotopic (exact) mass is 389 g/mol. The maximum Gasteiger partial charge on any atom is 0.238 e. The van der Waals surface area contributed by atoms with E-state index in [-0.39, 0.29) is 30.7 Å². The third-order valence-corrected chi connectivity index (χ3v) is 4.66. The summed E-state index contributed by atoms with van der Waals surface area (Å²) in [7, 11) is 0. The van der Waals surface area contributed by atoms with Gasteiger partial charge in [0.2, 0.25) is 11.8 Å². The van der Waals surface area contributed by atoms with E-state index in [0.717, 1.165) is 16.1 Å². The highest BCUT2D eigenvalue weighted by atomic mass is 32.2. The number of carbonyl (C=O) groups is 2. The molecule has 0 atom stereocenters. The van der Waals surface area contributed by atoms with Crippen LogP contribution in [0.4, 0.5) is 10.1 Å². The molecule has 7 heteroatoms. The van der Waals surface area contributed by atoms with Crippen LogP contribution in [0.15, 0.2) is 53.4 Å². The van der Waals surface area contributed by atoms with E-state index in [0.29, 0.717) is 13.1 Å². The Kier molecular flexibility index (Phi) is 8.29. The maximum atomic E-state index is 12.9. The minimum atomic E-state index is -0.309. The van der Waals surface area contributed by atoms with Crippen molar-refractivity contribution >= 4 is 29.3 Å². The lowest BCUT2D eigenvalue weighted by Gasteiger charge is -2.19. The molecule has 0 spiro atoms. The maximum absolute atomic E-state index is 12.9. The molecular weight excluding hydrogens is 365 g/mol. The van der Waals surface area contributed by atoms with Gasteiger partial charge in [-0.05, 0) is 48.7 Å². The molecule has 0 bridgehead atoms. The van der Waals surface area contributed by atoms with Gasteiger partial charge in [0, 0.05) is 17.1 Å². The summed E-state index contributed by atoms with van der Waals surface area (Å²) in [6, 6.07) is 13.6. The van der Waals surface area contributed by atoms with Gasteiger partial charge in [0.25, 0.3) is 0 Å². The number of nitrogens with one attached hydrogen (secondary N) is 2. The van der Waals surface area contributed by atoms with E-state index in [1.165, 1.54) is 12.1 Å². The van der Waals surface area contributed by atoms with E-state index in [9.17, 15) is 14.0 Å². The van der Waals surface area contributed by atoms with Gasteiger partial charge in [0.15, 0.2) is 0 Å². The summed E-state index contributed by atoms with van der Waals surface area (Å²) in [5.41, 5.74) is 1.56. The molecular formula is C20H24FN3O2S. The van der Waals surface area contributed by atoms with Crippen molar-refractivity contribution < 1.29 is 14.0 Å². The van der Waals surface area contributed by atoms with Gasteiger partial charge in [-0.3, -0.25) is 14.5 Å². The second-order valence-corrected chi connectivity index (χ2v) is 6.87. The Morgan fingerprint density at radius 3 is 2.44 bits per heavy atom. The molecule has 0 unspecified atom stereocenters. The average molecular weight is 389 g/mol. The molecule has 2 rings (SSSR count). The molecule has 0 aliphatic rings. The second-order valence-electron chi connectivity index (χ2n) is 5.99. The molecule has 144 valence electrons. The lowest BCUT2D eigenvalue weighted by Crippen LogP contribution is -2.40. The highest BCUT2D eigenvalue weighted by Crippen LogP contribution is 2.18. The van der Waals surface area contributed by atoms with E-state index < -0.39 is 0 Å². The van der Waals surface area contributed by atoms with Crippen LogP contribution in [-0.4, -0.2) is 42.6 Å². The third-order valence-electron chi connectivity index (χ3n) is 3.94. The lowest BCUT2D eigenvalue weighted by molar-refractivity contribution is -0.123. The van der Waals surface area contributed by atoms with Crippen molar-refractivity contribution in [1.29, 1.82) is 0 Å². The lowest BCUT2D eigenvalue weighted by atomic mass is 10.2. The van der Waals surface area contributed by atoms with E-state index in [2.05, 4.69) is 10.6 Å². The van der Waals surface area contributed by atoms with Gasteiger partial charge in [-0.25, -0.2) is 4.39 Å². The van der Waals surface area contributed by atoms with Gasteiger partial charge in [0.05, 0.1) is 13.1 Å². The van der Waals surface area contributed by atoms with Crippen molar-refractivity contribution in [3.63, 3.8) is 0 Å². The van der Waals surface area contributed by atoms with Crippen molar-refractivity contribution in [2.75, 3.05) is 31.2 Å². The molecule has 5 nitrogen and oxygen atoms in total. The van der Waals surface area contributed by atoms with Crippen LogP contribution in [0.5, 0.6) is 0 Å². The number of carbonyl (C=O) groups excluding carboxylic acids is 2. The van der Waals surface area contributed by atoms with Crippen molar-refractivity contribution in [2.45, 2.75) is 18.4 Å². The summed E-state index contributed by atoms with van der Waals surface area (Å²) < 4.78 is 12.9. The Balaban J connectivity index is 1.80. The highest BCUT2D eigenvalue weighted by molar-refractivity contribution is 7.98. The summed E-state index contributed by atoms with van der Waals surface area (Å²) in [6.07, 6.45) is 1.98. The van der Waals surface area contributed by atoms with E-state index >= 15 is 0 Å². The van der Waals surface area contributed by atoms with Crippen LogP contribution >= 0.6 is 11.8 Å². The van der Waals surface area contributed by atoms with Crippen LogP contribution in [-0.2, 0) is 16.1 Å². The number of likely N-dealkylation sites (N-methyl/N-ethyl adjacent to an activating group) is 1. The number of hydrogen-bond acceptors (Lipinski definition) is 4. The first-order chi connectivity index (χ1) is 13.0. The summed E-state index contributed by atoms with van der Waals surface area (Å²) in [6.45, 7) is 3.04. The number of anilines is 1. The fourth-order valence-corrected chi connectivity index (χ4v) is 2.91. The number of halogens is 1. The van der Waals surface area contributed by atoms with Gasteiger partial charge >= 0.3 is 0 Å². The zero-order valence-electron chi connectivity index (χ0n) is 15.5. The molecule has 2 N–H and O–H groups in total. The van der Waals surface area contributed by atoms with Gasteiger partial charge in [-0.1, -0.05) is 25.1 Å². The van der Waals surface area contributed by atoms with Crippen LogP contribution in [0.1, 0.15) is 12.5 Å². The van der Waals surface area contributed by atoms with Gasteiger partial charge < -0.3 is 10.6 Å². The number of nitrogens with zero attached hydrogens (tertiary/aromatic N) is 1. The molecule has 0 fully saturated rings. The Bertz CT molecular complexity index is 768. The van der Waals surface area contributed by atoms with Gasteiger partial charge in [-0.2, -0.15) is 0 Å². The predicted molar refractivity (Wildman–Crippen MR) is 107 cm³/mol. The van der Waals surface area contributed by atoms with Crippen molar-refractivity contribution in [3.05, 3.63) is 59.9 Å². The molecule has 2 amide bonds. The Morgan fingerprint density at radius 2 is 1.78 bits per heavy atom. The topological polar surface area (TPSA) is 61.4 Å². The van der Waals surface area contributed by atoms with Crippen molar-refractivity contribution in [3.8, 4) is 0 Å². The Hall–Kier alpha value is -2.38. The quantitative estimate of drug-likeness (QED) is 0.647. The largest absolute Gasteiger partial charge is 0.351 e. The van der Waals surface area contributed by atoms with Crippen LogP contribution in [0.3, 0.4) is 0 Å². The minimum Gasteiger partial charge on any atom is -0.351 e. The Labute approximate surface area is 163 Å². The zero-order chi connectivity index (χ0) is 19.6. The molecule has 0 saturated carbocycles. The van der Waals surface area contributed by atoms with Crippen LogP contribution < -0.4 is 10.6 Å². The van der Waals surface area contributed by atoms with Crippen LogP contribution in [0.25, 0.3) is 0 Å². The first kappa shape index (κ1) is 20.9. The van der Waals surface area contributed by atoms with Gasteiger partial charge in [-0.15, -0.1) is 11.8 Å². The fraction of sp³-hybridized carbons (Fsp3) is 0.300. The molecule has 0 radical (unpaired) electrons. The van der Waals surface area contributed by atoms with E-state index in [1.807, 2.05) is 37.4 Å². The number of rotatable bonds is 9.